The van der Waals surface area contributed by atoms with Gasteiger partial charge in [0.2, 0.25) is 5.91 Å². The molecule has 2 amide bonds. The number of nitrogens with one attached hydrogen (secondary N) is 2. The average molecular weight is 382 g/mol. The molecule has 0 saturated carbocycles. The molecule has 0 unspecified atom stereocenters. The maximum Gasteiger partial charge on any atom is 0.251 e. The van der Waals surface area contributed by atoms with Crippen LogP contribution in [0, 0.1) is 0 Å². The number of morpholine rings is 1. The summed E-state index contributed by atoms with van der Waals surface area (Å²) in [5.41, 5.74) is 2.05. The van der Waals surface area contributed by atoms with Crippen LogP contribution < -0.4 is 15.4 Å². The van der Waals surface area contributed by atoms with E-state index in [9.17, 15) is 9.59 Å². The quantitative estimate of drug-likeness (QED) is 0.688. The lowest BCUT2D eigenvalue weighted by Crippen LogP contribution is -2.52. The van der Waals surface area contributed by atoms with E-state index in [0.717, 1.165) is 24.2 Å². The molecule has 0 aromatic heterocycles. The zero-order valence-corrected chi connectivity index (χ0v) is 16.0. The van der Waals surface area contributed by atoms with Gasteiger partial charge in [-0.05, 0) is 43.0 Å². The van der Waals surface area contributed by atoms with Crippen LogP contribution in [0.15, 0.2) is 54.6 Å². The molecule has 3 rings (SSSR count). The second-order valence-electron chi connectivity index (χ2n) is 6.66. The lowest BCUT2D eigenvalue weighted by molar-refractivity contribution is -0.148. The molecule has 1 aliphatic heterocycles. The van der Waals surface area contributed by atoms with Crippen molar-refractivity contribution in [1.29, 1.82) is 0 Å². The Morgan fingerprint density at radius 2 is 1.93 bits per heavy atom. The maximum atomic E-state index is 12.6. The minimum absolute atomic E-state index is 0.104. The topological polar surface area (TPSA) is 76.7 Å². The Kier molecular flexibility index (Phi) is 7.03. The molecule has 1 aliphatic rings. The van der Waals surface area contributed by atoms with Crippen LogP contribution in [0.5, 0.6) is 5.75 Å². The molecular weight excluding hydrogens is 356 g/mol. The highest BCUT2D eigenvalue weighted by Crippen LogP contribution is 2.22. The Labute approximate surface area is 165 Å². The number of ether oxygens (including phenoxy) is 2. The van der Waals surface area contributed by atoms with Gasteiger partial charge in [0.05, 0.1) is 12.6 Å². The Morgan fingerprint density at radius 1 is 1.18 bits per heavy atom. The molecule has 28 heavy (non-hydrogen) atoms. The third kappa shape index (κ3) is 5.33. The van der Waals surface area contributed by atoms with Gasteiger partial charge in [-0.3, -0.25) is 9.59 Å². The first kappa shape index (κ1) is 19.9. The predicted molar refractivity (Wildman–Crippen MR) is 106 cm³/mol. The van der Waals surface area contributed by atoms with Crippen LogP contribution >= 0.6 is 0 Å². The number of aryl methyl sites for hydroxylation is 1. The molecule has 0 aliphatic carbocycles. The average Bonchev–Trinajstić information content (AvgIpc) is 2.73. The van der Waals surface area contributed by atoms with E-state index >= 15 is 0 Å². The minimum Gasteiger partial charge on any atom is -0.494 e. The van der Waals surface area contributed by atoms with Crippen LogP contribution in [0.3, 0.4) is 0 Å². The molecule has 1 saturated heterocycles. The molecule has 6 nitrogen and oxygen atoms in total. The van der Waals surface area contributed by atoms with Crippen molar-refractivity contribution in [1.82, 2.24) is 10.6 Å². The van der Waals surface area contributed by atoms with Gasteiger partial charge in [0.15, 0.2) is 6.10 Å². The van der Waals surface area contributed by atoms with E-state index in [0.29, 0.717) is 13.2 Å². The molecule has 2 aromatic rings. The standard InChI is InChI=1S/C22H26N2O4/c1-2-27-18-12-10-16(11-13-18)7-6-14-23-22(26)21-20(24-19(25)15-28-21)17-8-4-3-5-9-17/h3-5,8-13,20-21H,2,6-7,14-15H2,1H3,(H,23,26)(H,24,25)/t20-,21+/m1/s1. The molecule has 2 N–H and O–H groups in total. The molecule has 0 spiro atoms. The van der Waals surface area contributed by atoms with E-state index in [1.807, 2.05) is 61.5 Å². The predicted octanol–water partition coefficient (Wildman–Crippen LogP) is 2.39. The SMILES string of the molecule is CCOc1ccc(CCCNC(=O)[C@H]2OCC(=O)N[C@@H]2c2ccccc2)cc1. The van der Waals surface area contributed by atoms with E-state index in [2.05, 4.69) is 10.6 Å². The second kappa shape index (κ2) is 9.90. The van der Waals surface area contributed by atoms with Crippen molar-refractivity contribution in [2.45, 2.75) is 31.9 Å². The highest BCUT2D eigenvalue weighted by Gasteiger charge is 2.35. The van der Waals surface area contributed by atoms with Crippen LogP contribution in [0.2, 0.25) is 0 Å². The number of hydrogen-bond donors (Lipinski definition) is 2. The lowest BCUT2D eigenvalue weighted by Gasteiger charge is -2.31. The van der Waals surface area contributed by atoms with Crippen molar-refractivity contribution in [3.8, 4) is 5.75 Å². The van der Waals surface area contributed by atoms with Crippen LogP contribution in [-0.4, -0.2) is 37.7 Å². The molecule has 2 atom stereocenters. The van der Waals surface area contributed by atoms with Crippen molar-refractivity contribution in [3.05, 3.63) is 65.7 Å². The fourth-order valence-electron chi connectivity index (χ4n) is 3.22. The highest BCUT2D eigenvalue weighted by atomic mass is 16.5. The van der Waals surface area contributed by atoms with Gasteiger partial charge >= 0.3 is 0 Å². The van der Waals surface area contributed by atoms with Gasteiger partial charge in [-0.15, -0.1) is 0 Å². The first-order valence-corrected chi connectivity index (χ1v) is 9.62. The number of rotatable bonds is 8. The Bertz CT molecular complexity index is 777. The van der Waals surface area contributed by atoms with Crippen LogP contribution in [0.4, 0.5) is 0 Å². The summed E-state index contributed by atoms with van der Waals surface area (Å²) in [6.07, 6.45) is 0.942. The monoisotopic (exact) mass is 382 g/mol. The normalized spacial score (nSPS) is 19.0. The van der Waals surface area contributed by atoms with Crippen LogP contribution in [0.25, 0.3) is 0 Å². The minimum atomic E-state index is -0.731. The van der Waals surface area contributed by atoms with E-state index in [1.165, 1.54) is 5.56 Å². The number of benzene rings is 2. The Morgan fingerprint density at radius 3 is 2.64 bits per heavy atom. The number of carbonyl (C=O) groups is 2. The zero-order chi connectivity index (χ0) is 19.8. The molecule has 6 heteroatoms. The summed E-state index contributed by atoms with van der Waals surface area (Å²) in [4.78, 5) is 24.3. The summed E-state index contributed by atoms with van der Waals surface area (Å²) >= 11 is 0. The van der Waals surface area contributed by atoms with E-state index in [-0.39, 0.29) is 18.4 Å². The molecular formula is C22H26N2O4. The van der Waals surface area contributed by atoms with Gasteiger partial charge in [0.1, 0.15) is 12.4 Å². The van der Waals surface area contributed by atoms with Crippen molar-refractivity contribution < 1.29 is 19.1 Å². The van der Waals surface area contributed by atoms with Gasteiger partial charge in [0.25, 0.3) is 5.91 Å². The lowest BCUT2D eigenvalue weighted by atomic mass is 9.99. The van der Waals surface area contributed by atoms with Crippen molar-refractivity contribution in [3.63, 3.8) is 0 Å². The number of hydrogen-bond acceptors (Lipinski definition) is 4. The van der Waals surface area contributed by atoms with Crippen LogP contribution in [-0.2, 0) is 20.7 Å². The summed E-state index contributed by atoms with van der Waals surface area (Å²) in [5, 5.41) is 5.79. The first-order valence-electron chi connectivity index (χ1n) is 9.62. The Balaban J connectivity index is 1.49. The summed E-state index contributed by atoms with van der Waals surface area (Å²) in [6, 6.07) is 16.9. The van der Waals surface area contributed by atoms with Gasteiger partial charge in [0, 0.05) is 6.54 Å². The van der Waals surface area contributed by atoms with Gasteiger partial charge < -0.3 is 20.1 Å². The number of carbonyl (C=O) groups excluding carboxylic acids is 2. The summed E-state index contributed by atoms with van der Waals surface area (Å²) in [6.45, 7) is 3.05. The smallest absolute Gasteiger partial charge is 0.251 e. The molecule has 2 aromatic carbocycles. The fourth-order valence-corrected chi connectivity index (χ4v) is 3.22. The van der Waals surface area contributed by atoms with Crippen LogP contribution in [0.1, 0.15) is 30.5 Å². The molecule has 1 fully saturated rings. The van der Waals surface area contributed by atoms with Crippen molar-refractivity contribution in [2.75, 3.05) is 19.8 Å². The van der Waals surface area contributed by atoms with E-state index in [1.54, 1.807) is 0 Å². The summed E-state index contributed by atoms with van der Waals surface area (Å²) < 4.78 is 11.0. The molecule has 1 heterocycles. The first-order chi connectivity index (χ1) is 13.7. The van der Waals surface area contributed by atoms with Crippen molar-refractivity contribution in [2.24, 2.45) is 0 Å². The third-order valence-corrected chi connectivity index (χ3v) is 4.61. The largest absolute Gasteiger partial charge is 0.494 e. The maximum absolute atomic E-state index is 12.6. The number of amides is 2. The third-order valence-electron chi connectivity index (χ3n) is 4.61. The fraction of sp³-hybridized carbons (Fsp3) is 0.364. The summed E-state index contributed by atoms with van der Waals surface area (Å²) in [7, 11) is 0. The molecule has 0 radical (unpaired) electrons. The summed E-state index contributed by atoms with van der Waals surface area (Å²) in [5.74, 6) is 0.442. The highest BCUT2D eigenvalue weighted by molar-refractivity contribution is 5.86. The van der Waals surface area contributed by atoms with Gasteiger partial charge in [-0.2, -0.15) is 0 Å². The van der Waals surface area contributed by atoms with E-state index in [4.69, 9.17) is 9.47 Å². The van der Waals surface area contributed by atoms with Crippen molar-refractivity contribution >= 4 is 11.8 Å². The van der Waals surface area contributed by atoms with Gasteiger partial charge in [-0.1, -0.05) is 42.5 Å². The zero-order valence-electron chi connectivity index (χ0n) is 16.0. The molecule has 0 bridgehead atoms. The Hall–Kier alpha value is -2.86. The van der Waals surface area contributed by atoms with E-state index < -0.39 is 12.1 Å². The second-order valence-corrected chi connectivity index (χ2v) is 6.66. The van der Waals surface area contributed by atoms with Gasteiger partial charge in [-0.25, -0.2) is 0 Å². The molecule has 148 valence electrons.